The number of anilines is 2. The molecule has 0 atom stereocenters. The van der Waals surface area contributed by atoms with Gasteiger partial charge in [0.2, 0.25) is 5.91 Å². The summed E-state index contributed by atoms with van der Waals surface area (Å²) in [4.78, 5) is 12.1. The van der Waals surface area contributed by atoms with E-state index in [1.54, 1.807) is 0 Å². The van der Waals surface area contributed by atoms with E-state index in [-0.39, 0.29) is 12.5 Å². The fourth-order valence-electron chi connectivity index (χ4n) is 2.75. The first-order valence-electron chi connectivity index (χ1n) is 9.42. The average Bonchev–Trinajstić information content (AvgIpc) is 2.62. The van der Waals surface area contributed by atoms with Gasteiger partial charge in [-0.25, -0.2) is 0 Å². The van der Waals surface area contributed by atoms with Crippen molar-refractivity contribution in [2.75, 3.05) is 23.8 Å². The molecular weight excluding hydrogens is 324 g/mol. The molecule has 0 aliphatic heterocycles. The van der Waals surface area contributed by atoms with E-state index in [4.69, 9.17) is 4.74 Å². The Morgan fingerprint density at radius 2 is 1.77 bits per heavy atom. The molecule has 0 bridgehead atoms. The van der Waals surface area contributed by atoms with E-state index in [0.717, 1.165) is 35.7 Å². The van der Waals surface area contributed by atoms with Crippen LogP contribution in [0.15, 0.2) is 42.5 Å². The Morgan fingerprint density at radius 3 is 2.46 bits per heavy atom. The third kappa shape index (κ3) is 6.79. The molecule has 0 heterocycles. The minimum absolute atomic E-state index is 0.0711. The van der Waals surface area contributed by atoms with Crippen LogP contribution in [-0.2, 0) is 4.79 Å². The van der Waals surface area contributed by atoms with E-state index in [9.17, 15) is 4.79 Å². The monoisotopic (exact) mass is 354 g/mol. The number of rotatable bonds is 10. The molecule has 0 aliphatic rings. The Balaban J connectivity index is 1.74. The Hall–Kier alpha value is -2.49. The lowest BCUT2D eigenvalue weighted by atomic mass is 10.1. The van der Waals surface area contributed by atoms with E-state index in [1.165, 1.54) is 24.8 Å². The first-order chi connectivity index (χ1) is 12.6. The fraction of sp³-hybridized carbons (Fsp3) is 0.409. The normalized spacial score (nSPS) is 10.4. The summed E-state index contributed by atoms with van der Waals surface area (Å²) in [6.45, 7) is 7.27. The number of benzene rings is 2. The molecule has 26 heavy (non-hydrogen) atoms. The molecule has 140 valence electrons. The lowest BCUT2D eigenvalue weighted by molar-refractivity contribution is -0.114. The van der Waals surface area contributed by atoms with Gasteiger partial charge in [-0.1, -0.05) is 43.9 Å². The number of ether oxygens (including phenoxy) is 1. The van der Waals surface area contributed by atoms with Crippen molar-refractivity contribution in [2.24, 2.45) is 0 Å². The molecule has 0 spiro atoms. The molecule has 0 saturated carbocycles. The van der Waals surface area contributed by atoms with Gasteiger partial charge < -0.3 is 15.4 Å². The number of carbonyl (C=O) groups excluding carboxylic acids is 1. The lowest BCUT2D eigenvalue weighted by Gasteiger charge is -2.11. The second-order valence-corrected chi connectivity index (χ2v) is 6.65. The largest absolute Gasteiger partial charge is 0.494 e. The van der Waals surface area contributed by atoms with Gasteiger partial charge in [0.15, 0.2) is 0 Å². The summed E-state index contributed by atoms with van der Waals surface area (Å²) in [5, 5.41) is 6.08. The summed E-state index contributed by atoms with van der Waals surface area (Å²) < 4.78 is 5.72. The molecule has 0 unspecified atom stereocenters. The molecule has 0 aliphatic carbocycles. The summed E-state index contributed by atoms with van der Waals surface area (Å²) in [6, 6.07) is 13.7. The standard InChI is InChI=1S/C22H30N2O2/c1-4-5-6-7-14-26-20-11-9-19(10-12-20)24-22(25)16-23-21-13-8-17(2)15-18(21)3/h8-13,15,23H,4-7,14,16H2,1-3H3,(H,24,25). The van der Waals surface area contributed by atoms with Crippen LogP contribution in [0.25, 0.3) is 0 Å². The second kappa shape index (κ2) is 10.5. The lowest BCUT2D eigenvalue weighted by Crippen LogP contribution is -2.22. The van der Waals surface area contributed by atoms with Crippen molar-refractivity contribution in [3.05, 3.63) is 53.6 Å². The van der Waals surface area contributed by atoms with Crippen LogP contribution in [0.3, 0.4) is 0 Å². The SMILES string of the molecule is CCCCCCOc1ccc(NC(=O)CNc2ccc(C)cc2C)cc1. The van der Waals surface area contributed by atoms with Crippen molar-refractivity contribution in [3.8, 4) is 5.75 Å². The van der Waals surface area contributed by atoms with Gasteiger partial charge in [-0.05, 0) is 56.2 Å². The van der Waals surface area contributed by atoms with Crippen LogP contribution in [0.2, 0.25) is 0 Å². The van der Waals surface area contributed by atoms with Crippen molar-refractivity contribution >= 4 is 17.3 Å². The average molecular weight is 354 g/mol. The molecule has 0 fully saturated rings. The summed E-state index contributed by atoms with van der Waals surface area (Å²) in [7, 11) is 0. The maximum Gasteiger partial charge on any atom is 0.243 e. The third-order valence-electron chi connectivity index (χ3n) is 4.23. The van der Waals surface area contributed by atoms with Crippen LogP contribution in [0.5, 0.6) is 5.75 Å². The van der Waals surface area contributed by atoms with Gasteiger partial charge >= 0.3 is 0 Å². The molecule has 2 aromatic rings. The molecule has 2 aromatic carbocycles. The third-order valence-corrected chi connectivity index (χ3v) is 4.23. The number of nitrogens with one attached hydrogen (secondary N) is 2. The van der Waals surface area contributed by atoms with E-state index >= 15 is 0 Å². The van der Waals surface area contributed by atoms with Crippen LogP contribution in [-0.4, -0.2) is 19.1 Å². The van der Waals surface area contributed by atoms with Crippen molar-refractivity contribution in [3.63, 3.8) is 0 Å². The summed E-state index contributed by atoms with van der Waals surface area (Å²) >= 11 is 0. The molecule has 4 nitrogen and oxygen atoms in total. The van der Waals surface area contributed by atoms with Crippen LogP contribution in [0.4, 0.5) is 11.4 Å². The number of hydrogen-bond donors (Lipinski definition) is 2. The highest BCUT2D eigenvalue weighted by Crippen LogP contribution is 2.17. The molecule has 1 amide bonds. The van der Waals surface area contributed by atoms with Crippen molar-refractivity contribution in [2.45, 2.75) is 46.5 Å². The van der Waals surface area contributed by atoms with Crippen LogP contribution < -0.4 is 15.4 Å². The quantitative estimate of drug-likeness (QED) is 0.568. The number of amides is 1. The van der Waals surface area contributed by atoms with Crippen LogP contribution in [0.1, 0.15) is 43.7 Å². The van der Waals surface area contributed by atoms with Gasteiger partial charge in [-0.2, -0.15) is 0 Å². The van der Waals surface area contributed by atoms with E-state index < -0.39 is 0 Å². The fourth-order valence-corrected chi connectivity index (χ4v) is 2.75. The van der Waals surface area contributed by atoms with E-state index in [2.05, 4.69) is 30.5 Å². The molecule has 2 rings (SSSR count). The first-order valence-corrected chi connectivity index (χ1v) is 9.42. The number of aryl methyl sites for hydroxylation is 2. The maximum absolute atomic E-state index is 12.1. The first kappa shape index (κ1) is 19.8. The Morgan fingerprint density at radius 1 is 1.00 bits per heavy atom. The molecular formula is C22H30N2O2. The van der Waals surface area contributed by atoms with Gasteiger partial charge in [0.1, 0.15) is 5.75 Å². The van der Waals surface area contributed by atoms with Crippen molar-refractivity contribution < 1.29 is 9.53 Å². The summed E-state index contributed by atoms with van der Waals surface area (Å²) in [5.74, 6) is 0.770. The molecule has 2 N–H and O–H groups in total. The second-order valence-electron chi connectivity index (χ2n) is 6.65. The molecule has 0 aromatic heterocycles. The minimum Gasteiger partial charge on any atom is -0.494 e. The molecule has 4 heteroatoms. The molecule has 0 saturated heterocycles. The topological polar surface area (TPSA) is 50.4 Å². The van der Waals surface area contributed by atoms with E-state index in [1.807, 2.05) is 43.3 Å². The maximum atomic E-state index is 12.1. The molecule has 0 radical (unpaired) electrons. The number of unbranched alkanes of at least 4 members (excludes halogenated alkanes) is 3. The van der Waals surface area contributed by atoms with Crippen LogP contribution in [0, 0.1) is 13.8 Å². The summed E-state index contributed by atoms with van der Waals surface area (Å²) in [6.07, 6.45) is 4.77. The minimum atomic E-state index is -0.0711. The number of hydrogen-bond acceptors (Lipinski definition) is 3. The smallest absolute Gasteiger partial charge is 0.243 e. The zero-order valence-corrected chi connectivity index (χ0v) is 16.1. The van der Waals surface area contributed by atoms with Crippen molar-refractivity contribution in [1.82, 2.24) is 0 Å². The highest BCUT2D eigenvalue weighted by Gasteiger charge is 2.04. The Labute approximate surface area is 157 Å². The van der Waals surface area contributed by atoms with Crippen molar-refractivity contribution in [1.29, 1.82) is 0 Å². The summed E-state index contributed by atoms with van der Waals surface area (Å²) in [5.41, 5.74) is 4.11. The predicted octanol–water partition coefficient (Wildman–Crippen LogP) is 5.31. The Bertz CT molecular complexity index is 696. The van der Waals surface area contributed by atoms with Gasteiger partial charge in [0.05, 0.1) is 13.2 Å². The zero-order chi connectivity index (χ0) is 18.8. The van der Waals surface area contributed by atoms with Gasteiger partial charge in [-0.15, -0.1) is 0 Å². The van der Waals surface area contributed by atoms with E-state index in [0.29, 0.717) is 0 Å². The predicted molar refractivity (Wildman–Crippen MR) is 109 cm³/mol. The van der Waals surface area contributed by atoms with Crippen LogP contribution >= 0.6 is 0 Å². The highest BCUT2D eigenvalue weighted by atomic mass is 16.5. The zero-order valence-electron chi connectivity index (χ0n) is 16.1. The van der Waals surface area contributed by atoms with Gasteiger partial charge in [-0.3, -0.25) is 4.79 Å². The Kier molecular flexibility index (Phi) is 8.00. The highest BCUT2D eigenvalue weighted by molar-refractivity contribution is 5.93. The van der Waals surface area contributed by atoms with Gasteiger partial charge in [0.25, 0.3) is 0 Å². The number of carbonyl (C=O) groups is 1. The van der Waals surface area contributed by atoms with Gasteiger partial charge in [0, 0.05) is 11.4 Å².